The minimum atomic E-state index is -0.784. The predicted octanol–water partition coefficient (Wildman–Crippen LogP) is 2.16. The minimum Gasteiger partial charge on any atom is -0.295 e. The smallest absolute Gasteiger partial charge is 0.295 e. The number of rotatable bonds is 2. The monoisotopic (exact) mass is 404 g/mol. The molecule has 2 aromatic carbocycles. The lowest BCUT2D eigenvalue weighted by molar-refractivity contribution is -0.122. The van der Waals surface area contributed by atoms with Crippen molar-refractivity contribution in [2.24, 2.45) is 14.1 Å². The van der Waals surface area contributed by atoms with Gasteiger partial charge in [-0.3, -0.25) is 24.0 Å². The molecule has 1 aliphatic heterocycles. The van der Waals surface area contributed by atoms with E-state index < -0.39 is 17.8 Å². The zero-order valence-corrected chi connectivity index (χ0v) is 17.0. The number of barbiturate groups is 1. The topological polar surface area (TPSA) is 93.4 Å². The molecular weight excluding hydrogens is 384 g/mol. The van der Waals surface area contributed by atoms with Gasteiger partial charge in [0.15, 0.2) is 0 Å². The number of aromatic nitrogens is 2. The minimum absolute atomic E-state index is 0.158. The van der Waals surface area contributed by atoms with Crippen molar-refractivity contribution in [2.45, 2.75) is 13.8 Å². The van der Waals surface area contributed by atoms with Crippen molar-refractivity contribution in [3.8, 4) is 0 Å². The van der Waals surface area contributed by atoms with Crippen molar-refractivity contribution in [3.63, 3.8) is 0 Å². The van der Waals surface area contributed by atoms with Crippen LogP contribution in [0.2, 0.25) is 0 Å². The summed E-state index contributed by atoms with van der Waals surface area (Å²) in [6.07, 6.45) is 1.43. The first kappa shape index (κ1) is 19.4. The van der Waals surface area contributed by atoms with Gasteiger partial charge in [-0.1, -0.05) is 12.1 Å². The first-order chi connectivity index (χ1) is 14.2. The van der Waals surface area contributed by atoms with Crippen LogP contribution in [-0.2, 0) is 23.7 Å². The standard InChI is InChI=1S/C22H20N4O4/c1-12-7-13(2)9-15(8-12)26-20(28)16(19(27)23-21(26)29)10-14-5-6-17-18(11-14)25(4)22(30)24(17)3/h5-11H,1-4H3,(H,23,27,29)/b16-10+. The lowest BCUT2D eigenvalue weighted by Crippen LogP contribution is -2.54. The number of anilines is 1. The Morgan fingerprint density at radius 3 is 2.13 bits per heavy atom. The van der Waals surface area contributed by atoms with E-state index in [1.165, 1.54) is 15.2 Å². The van der Waals surface area contributed by atoms with Crippen LogP contribution in [0.4, 0.5) is 10.5 Å². The van der Waals surface area contributed by atoms with Gasteiger partial charge in [0.2, 0.25) is 0 Å². The van der Waals surface area contributed by atoms with Crippen LogP contribution in [0.15, 0.2) is 46.8 Å². The van der Waals surface area contributed by atoms with Crippen molar-refractivity contribution in [2.75, 3.05) is 4.90 Å². The number of carbonyl (C=O) groups excluding carboxylic acids is 3. The molecule has 0 radical (unpaired) electrons. The van der Waals surface area contributed by atoms with Crippen LogP contribution >= 0.6 is 0 Å². The van der Waals surface area contributed by atoms with Crippen molar-refractivity contribution < 1.29 is 14.4 Å². The van der Waals surface area contributed by atoms with E-state index >= 15 is 0 Å². The number of amides is 4. The van der Waals surface area contributed by atoms with Gasteiger partial charge in [0.05, 0.1) is 16.7 Å². The number of hydrogen-bond donors (Lipinski definition) is 1. The van der Waals surface area contributed by atoms with Gasteiger partial charge in [0, 0.05) is 14.1 Å². The largest absolute Gasteiger partial charge is 0.335 e. The first-order valence-electron chi connectivity index (χ1n) is 9.32. The Morgan fingerprint density at radius 1 is 0.833 bits per heavy atom. The Kier molecular flexibility index (Phi) is 4.42. The molecule has 0 spiro atoms. The van der Waals surface area contributed by atoms with Crippen LogP contribution in [0, 0.1) is 13.8 Å². The number of carbonyl (C=O) groups is 3. The van der Waals surface area contributed by atoms with Gasteiger partial charge >= 0.3 is 11.7 Å². The lowest BCUT2D eigenvalue weighted by Gasteiger charge is -2.27. The second-order valence-corrected chi connectivity index (χ2v) is 7.45. The van der Waals surface area contributed by atoms with Gasteiger partial charge in [0.1, 0.15) is 5.57 Å². The van der Waals surface area contributed by atoms with Crippen LogP contribution in [-0.4, -0.2) is 27.0 Å². The average Bonchev–Trinajstić information content (AvgIpc) is 2.88. The summed E-state index contributed by atoms with van der Waals surface area (Å²) in [5.41, 5.74) is 3.82. The lowest BCUT2D eigenvalue weighted by atomic mass is 10.0. The van der Waals surface area contributed by atoms with Crippen LogP contribution in [0.5, 0.6) is 0 Å². The molecule has 152 valence electrons. The van der Waals surface area contributed by atoms with Gasteiger partial charge in [-0.25, -0.2) is 14.5 Å². The van der Waals surface area contributed by atoms with E-state index in [1.807, 2.05) is 19.9 Å². The molecule has 1 saturated heterocycles. The molecule has 1 aliphatic rings. The molecule has 0 aliphatic carbocycles. The van der Waals surface area contributed by atoms with Crippen LogP contribution in [0.1, 0.15) is 16.7 Å². The summed E-state index contributed by atoms with van der Waals surface area (Å²) in [4.78, 5) is 51.0. The van der Waals surface area contributed by atoms with Crippen LogP contribution < -0.4 is 15.9 Å². The maximum atomic E-state index is 13.1. The quantitative estimate of drug-likeness (QED) is 0.523. The molecular formula is C22H20N4O4. The fourth-order valence-electron chi connectivity index (χ4n) is 3.75. The number of nitrogens with zero attached hydrogens (tertiary/aromatic N) is 3. The van der Waals surface area contributed by atoms with Crippen LogP contribution in [0.3, 0.4) is 0 Å². The Morgan fingerprint density at radius 2 is 1.47 bits per heavy atom. The third-order valence-corrected chi connectivity index (χ3v) is 5.17. The third kappa shape index (κ3) is 3.02. The molecule has 0 unspecified atom stereocenters. The van der Waals surface area contributed by atoms with E-state index in [0.717, 1.165) is 21.5 Å². The first-order valence-corrected chi connectivity index (χ1v) is 9.32. The molecule has 4 amide bonds. The SMILES string of the molecule is Cc1cc(C)cc(N2C(=O)NC(=O)/C(=C\c3ccc4c(c3)n(C)c(=O)n4C)C2=O)c1. The molecule has 4 rings (SSSR count). The van der Waals surface area contributed by atoms with E-state index in [1.54, 1.807) is 44.4 Å². The second-order valence-electron chi connectivity index (χ2n) is 7.45. The molecule has 30 heavy (non-hydrogen) atoms. The second kappa shape index (κ2) is 6.84. The Hall–Kier alpha value is -3.94. The van der Waals surface area contributed by atoms with Crippen molar-refractivity contribution in [1.29, 1.82) is 0 Å². The zero-order valence-electron chi connectivity index (χ0n) is 17.0. The summed E-state index contributed by atoms with van der Waals surface area (Å²) < 4.78 is 3.01. The molecule has 1 aromatic heterocycles. The molecule has 0 atom stereocenters. The van der Waals surface area contributed by atoms with E-state index in [-0.39, 0.29) is 11.3 Å². The summed E-state index contributed by atoms with van der Waals surface area (Å²) in [5.74, 6) is -1.46. The van der Waals surface area contributed by atoms with E-state index in [2.05, 4.69) is 5.32 Å². The number of urea groups is 1. The summed E-state index contributed by atoms with van der Waals surface area (Å²) in [5, 5.41) is 2.23. The molecule has 8 nitrogen and oxygen atoms in total. The van der Waals surface area contributed by atoms with Gasteiger partial charge < -0.3 is 0 Å². The molecule has 2 heterocycles. The highest BCUT2D eigenvalue weighted by atomic mass is 16.2. The van der Waals surface area contributed by atoms with Crippen molar-refractivity contribution >= 4 is 40.6 Å². The van der Waals surface area contributed by atoms with Crippen LogP contribution in [0.25, 0.3) is 17.1 Å². The van der Waals surface area contributed by atoms with E-state index in [4.69, 9.17) is 0 Å². The normalized spacial score (nSPS) is 15.9. The summed E-state index contributed by atoms with van der Waals surface area (Å²) in [6, 6.07) is 9.76. The number of fused-ring (bicyclic) bond motifs is 1. The number of aryl methyl sites for hydroxylation is 4. The highest BCUT2D eigenvalue weighted by Crippen LogP contribution is 2.25. The zero-order chi connectivity index (χ0) is 21.7. The summed E-state index contributed by atoms with van der Waals surface area (Å²) >= 11 is 0. The predicted molar refractivity (Wildman–Crippen MR) is 113 cm³/mol. The number of benzene rings is 2. The molecule has 1 fully saturated rings. The molecule has 0 bridgehead atoms. The number of nitrogens with one attached hydrogen (secondary N) is 1. The Labute approximate surface area is 172 Å². The fraction of sp³-hybridized carbons (Fsp3) is 0.182. The fourth-order valence-corrected chi connectivity index (χ4v) is 3.75. The highest BCUT2D eigenvalue weighted by molar-refractivity contribution is 6.39. The molecule has 0 saturated carbocycles. The maximum Gasteiger partial charge on any atom is 0.335 e. The summed E-state index contributed by atoms with van der Waals surface area (Å²) in [6.45, 7) is 3.73. The Balaban J connectivity index is 1.80. The number of imidazole rings is 1. The molecule has 1 N–H and O–H groups in total. The van der Waals surface area contributed by atoms with Crippen molar-refractivity contribution in [3.05, 3.63) is 69.1 Å². The highest BCUT2D eigenvalue weighted by Gasteiger charge is 2.37. The molecule has 3 aromatic rings. The van der Waals surface area contributed by atoms with E-state index in [9.17, 15) is 19.2 Å². The number of hydrogen-bond acceptors (Lipinski definition) is 4. The average molecular weight is 404 g/mol. The van der Waals surface area contributed by atoms with Gasteiger partial charge in [-0.05, 0) is 60.9 Å². The van der Waals surface area contributed by atoms with Gasteiger partial charge in [-0.2, -0.15) is 0 Å². The third-order valence-electron chi connectivity index (χ3n) is 5.17. The summed E-state index contributed by atoms with van der Waals surface area (Å²) in [7, 11) is 3.33. The molecule has 8 heteroatoms. The van der Waals surface area contributed by atoms with E-state index in [0.29, 0.717) is 16.8 Å². The van der Waals surface area contributed by atoms with Crippen molar-refractivity contribution in [1.82, 2.24) is 14.5 Å². The van der Waals surface area contributed by atoms with Gasteiger partial charge in [-0.15, -0.1) is 0 Å². The maximum absolute atomic E-state index is 13.1. The number of imide groups is 2. The van der Waals surface area contributed by atoms with Gasteiger partial charge in [0.25, 0.3) is 11.8 Å². The Bertz CT molecular complexity index is 1320.